The lowest BCUT2D eigenvalue weighted by Crippen LogP contribution is -2.16. The van der Waals surface area contributed by atoms with Gasteiger partial charge in [0, 0.05) is 101 Å². The number of furan rings is 2. The lowest BCUT2D eigenvalue weighted by Gasteiger charge is -2.32. The summed E-state index contributed by atoms with van der Waals surface area (Å²) < 4.78 is 58.9. The van der Waals surface area contributed by atoms with Crippen molar-refractivity contribution in [2.75, 3.05) is 14.7 Å². The molecule has 0 unspecified atom stereocenters. The summed E-state index contributed by atoms with van der Waals surface area (Å²) in [6.45, 7) is 4.66. The quantitative estimate of drug-likeness (QED) is 0.131. The number of hydrogen-bond acceptors (Lipinski definition) is 11. The minimum atomic E-state index is -0.0729. The summed E-state index contributed by atoms with van der Waals surface area (Å²) in [6.07, 6.45) is 0. The second-order valence-electron chi connectivity index (χ2n) is 34.9. The van der Waals surface area contributed by atoms with Crippen LogP contribution in [0.25, 0.3) is 149 Å². The van der Waals surface area contributed by atoms with Crippen LogP contribution in [-0.2, 0) is 5.41 Å². The Balaban J connectivity index is 0.0000000970. The molecule has 11 heterocycles. The van der Waals surface area contributed by atoms with Crippen molar-refractivity contribution >= 4 is 160 Å². The number of anilines is 9. The van der Waals surface area contributed by atoms with E-state index in [1.165, 1.54) is 33.4 Å². The van der Waals surface area contributed by atoms with Gasteiger partial charge in [-0.2, -0.15) is 0 Å². The Hall–Kier alpha value is -17.6. The fourth-order valence-corrected chi connectivity index (χ4v) is 21.8. The Morgan fingerprint density at radius 2 is 0.603 bits per heavy atom. The Kier molecular flexibility index (Phi) is 14.6. The molecule has 6 aliphatic heterocycles. The predicted octanol–water partition coefficient (Wildman–Crippen LogP) is 33.2. The van der Waals surface area contributed by atoms with Crippen LogP contribution in [0.5, 0.6) is 69.0 Å². The van der Waals surface area contributed by atoms with Crippen LogP contribution in [0.3, 0.4) is 0 Å². The molecule has 0 bridgehead atoms. The molecule has 1 aliphatic carbocycles. The average Bonchev–Trinajstić information content (AvgIpc) is 1.54. The van der Waals surface area contributed by atoms with Gasteiger partial charge in [-0.15, -0.1) is 0 Å². The molecule has 0 saturated heterocycles. The second kappa shape index (κ2) is 26.7. The highest BCUT2D eigenvalue weighted by atomic mass is 16.5. The van der Waals surface area contributed by atoms with Crippen LogP contribution in [0.15, 0.2) is 397 Å². The van der Waals surface area contributed by atoms with Gasteiger partial charge in [0.1, 0.15) is 39.4 Å². The van der Waals surface area contributed by atoms with Crippen LogP contribution in [0.2, 0.25) is 0 Å². The maximum atomic E-state index is 6.98. The van der Waals surface area contributed by atoms with E-state index >= 15 is 0 Å². The normalized spacial score (nSPS) is 13.2. The number of fused-ring (bicyclic) bond motifs is 12. The minimum absolute atomic E-state index is 0.0729. The maximum absolute atomic E-state index is 6.98. The molecule has 14 nitrogen and oxygen atoms in total. The number of benzene rings is 19. The van der Waals surface area contributed by atoms with Crippen LogP contribution < -0.4 is 43.1 Å². The Morgan fingerprint density at radius 1 is 0.214 bits per heavy atom. The van der Waals surface area contributed by atoms with Gasteiger partial charge < -0.3 is 52.0 Å². The van der Waals surface area contributed by atoms with Gasteiger partial charge in [-0.3, -0.25) is 13.7 Å². The van der Waals surface area contributed by atoms with E-state index in [9.17, 15) is 0 Å². The molecule has 0 amide bonds. The smallest absolute Gasteiger partial charge is 0.176 e. The third-order valence-corrected chi connectivity index (χ3v) is 27.4. The molecule has 0 N–H and O–H groups in total. The summed E-state index contributed by atoms with van der Waals surface area (Å²) in [5.74, 6) is 9.81. The first-order valence-electron chi connectivity index (χ1n) is 44.2. The van der Waals surface area contributed by atoms with E-state index in [1.54, 1.807) is 0 Å². The number of aromatic nitrogens is 3. The molecule has 14 heteroatoms. The Labute approximate surface area is 748 Å². The van der Waals surface area contributed by atoms with Crippen molar-refractivity contribution in [1.82, 2.24) is 13.7 Å². The van der Waals surface area contributed by atoms with Crippen molar-refractivity contribution in [2.45, 2.75) is 19.3 Å². The molecule has 5 aromatic heterocycles. The number of hydrogen-bond donors (Lipinski definition) is 0. The highest BCUT2D eigenvalue weighted by Gasteiger charge is 2.41. The summed E-state index contributed by atoms with van der Waals surface area (Å²) in [5.41, 5.74) is 29.6. The highest BCUT2D eigenvalue weighted by molar-refractivity contribution is 6.21. The van der Waals surface area contributed by atoms with Crippen molar-refractivity contribution in [3.05, 3.63) is 399 Å². The fraction of sp³-hybridized carbons (Fsp3) is 0.0256. The molecular weight excluding hydrogens is 1620 g/mol. The largest absolute Gasteiger partial charge is 0.456 e. The van der Waals surface area contributed by atoms with Gasteiger partial charge in [-0.05, 0) is 197 Å². The summed E-state index contributed by atoms with van der Waals surface area (Å²) in [5, 5.41) is 11.2. The molecule has 0 fully saturated rings. The zero-order valence-electron chi connectivity index (χ0n) is 70.4. The van der Waals surface area contributed by atoms with E-state index in [4.69, 9.17) is 37.3 Å². The summed E-state index contributed by atoms with van der Waals surface area (Å²) in [6, 6.07) is 135. The van der Waals surface area contributed by atoms with E-state index < -0.39 is 0 Å². The first-order chi connectivity index (χ1) is 64.7. The summed E-state index contributed by atoms with van der Waals surface area (Å²) in [4.78, 5) is 6.93. The zero-order valence-corrected chi connectivity index (χ0v) is 70.4. The Morgan fingerprint density at radius 3 is 1.22 bits per heavy atom. The lowest BCUT2D eigenvalue weighted by molar-refractivity contribution is 0.443. The van der Waals surface area contributed by atoms with E-state index in [1.807, 2.05) is 115 Å². The van der Waals surface area contributed by atoms with Crippen molar-refractivity contribution in [3.63, 3.8) is 0 Å². The molecule has 0 saturated carbocycles. The van der Waals surface area contributed by atoms with Crippen molar-refractivity contribution in [3.8, 4) is 108 Å². The molecule has 7 aliphatic rings. The molecule has 31 rings (SSSR count). The standard InChI is InChI=1S/C45H30N2O2.2C36H20N2O3/c1-45(2)35-14-7-6-12-31(35)34-26-30(22-24-36(34)45)46(29-20-18-28(19-21-29)27-10-4-3-5-11-27)37-25-23-33-32-13-8-15-38-41(32)47-42(33)44(37)49-40-17-9-16-39(48-38)43(40)47;1-2-9-21(10-3-1)37(26-13-7-15-28-33(26)24-11-4-5-14-27(24)39-28)22-19-25-23-12-6-16-29-34(23)38-35(25)32(20-22)41-31-18-8-17-30(40-29)36(31)38;1-2-8-21(9-3-1)37(22-16-17-25-24-10-4-5-12-28(24)39-32(25)19-22)23-18-27-26-11-6-13-29-34(26)38-35(27)33(20-23)41-31-15-7-14-30(40-29)36(31)38/h3-26H,1-2H3;2*1-20H. The maximum Gasteiger partial charge on any atom is 0.176 e. The lowest BCUT2D eigenvalue weighted by atomic mass is 9.82. The zero-order chi connectivity index (χ0) is 85.7. The van der Waals surface area contributed by atoms with E-state index in [2.05, 4.69) is 315 Å². The minimum Gasteiger partial charge on any atom is -0.456 e. The van der Waals surface area contributed by atoms with Gasteiger partial charge >= 0.3 is 0 Å². The van der Waals surface area contributed by atoms with Gasteiger partial charge in [0.15, 0.2) is 69.0 Å². The molecule has 131 heavy (non-hydrogen) atoms. The van der Waals surface area contributed by atoms with Crippen LogP contribution in [-0.4, -0.2) is 13.7 Å². The topological polar surface area (TPSA) is 106 Å². The second-order valence-corrected chi connectivity index (χ2v) is 34.9. The number of nitrogens with zero attached hydrogens (tertiary/aromatic N) is 6. The van der Waals surface area contributed by atoms with E-state index in [0.29, 0.717) is 0 Å². The summed E-state index contributed by atoms with van der Waals surface area (Å²) >= 11 is 0. The molecule has 0 atom stereocenters. The van der Waals surface area contributed by atoms with Crippen molar-refractivity contribution in [1.29, 1.82) is 0 Å². The van der Waals surface area contributed by atoms with Gasteiger partial charge in [0.2, 0.25) is 0 Å². The van der Waals surface area contributed by atoms with Gasteiger partial charge in [-0.1, -0.05) is 220 Å². The van der Waals surface area contributed by atoms with Gasteiger partial charge in [-0.25, -0.2) is 0 Å². The average molecular weight is 1690 g/mol. The monoisotopic (exact) mass is 1690 g/mol. The Bertz CT molecular complexity index is 9120. The first kappa shape index (κ1) is 71.6. The van der Waals surface area contributed by atoms with Crippen LogP contribution in [0.4, 0.5) is 51.2 Å². The number of para-hydroxylation sites is 10. The molecule has 24 aromatic rings. The highest BCUT2D eigenvalue weighted by Crippen LogP contribution is 2.62. The first-order valence-corrected chi connectivity index (χ1v) is 44.2. The third kappa shape index (κ3) is 10.2. The van der Waals surface area contributed by atoms with Crippen LogP contribution in [0.1, 0.15) is 25.0 Å². The number of ether oxygens (including phenoxy) is 6. The molecule has 19 aromatic carbocycles. The predicted molar refractivity (Wildman–Crippen MR) is 524 cm³/mol. The van der Waals surface area contributed by atoms with Crippen molar-refractivity contribution < 1.29 is 37.3 Å². The fourth-order valence-electron chi connectivity index (χ4n) is 21.8. The third-order valence-electron chi connectivity index (χ3n) is 27.4. The SMILES string of the molecule is CC1(C)c2ccccc2-c2cc(N(c3ccc(-c4ccccc4)cc3)c3ccc4c5cccc6c5n5c4c3Oc3cccc(c3-5)O6)ccc21.c1ccc(N(c2cc3c4c(c2)c2cccc5c2n4-c2c(cccc2O3)O5)c2cccc3oc4ccccc4c23)cc1.c1ccc(N(c2ccc3c(c2)oc2ccccc23)c2cc3c4c(c2)c2cccc5c2n4-c2c(cccc2O3)O5)cc1. The van der Waals surface area contributed by atoms with Crippen LogP contribution >= 0.6 is 0 Å². The van der Waals surface area contributed by atoms with Crippen molar-refractivity contribution in [2.24, 2.45) is 0 Å². The van der Waals surface area contributed by atoms with E-state index in [-0.39, 0.29) is 5.41 Å². The van der Waals surface area contributed by atoms with E-state index in [0.717, 1.165) is 247 Å². The molecule has 0 radical (unpaired) electrons. The van der Waals surface area contributed by atoms with Crippen LogP contribution in [0, 0.1) is 0 Å². The van der Waals surface area contributed by atoms with Gasteiger partial charge in [0.25, 0.3) is 0 Å². The number of rotatable bonds is 10. The molecule has 0 spiro atoms. The van der Waals surface area contributed by atoms with Gasteiger partial charge in [0.05, 0.1) is 61.2 Å². The molecule has 616 valence electrons. The summed E-state index contributed by atoms with van der Waals surface area (Å²) in [7, 11) is 0. The molecular formula is C117H70N6O8.